The second-order valence-corrected chi connectivity index (χ2v) is 8.31. The molecule has 5 nitrogen and oxygen atoms in total. The maximum absolute atomic E-state index is 5.23. The standard InChI is InChI=1S/C20H28N4OS/c1-4-21-19(22-13-10-18-15(2)24-25-16(18)3)23-14-20(11-12-20)26-17-8-6-5-7-9-17/h5-9H,4,10-14H2,1-3H3,(H2,21,22,23). The Bertz CT molecular complexity index is 718. The minimum absolute atomic E-state index is 0.269. The third-order valence-corrected chi connectivity index (χ3v) is 6.08. The highest BCUT2D eigenvalue weighted by atomic mass is 32.2. The molecule has 0 bridgehead atoms. The molecule has 1 aromatic heterocycles. The minimum Gasteiger partial charge on any atom is -0.361 e. The van der Waals surface area contributed by atoms with E-state index in [1.807, 2.05) is 25.6 Å². The fourth-order valence-electron chi connectivity index (χ4n) is 2.90. The Morgan fingerprint density at radius 2 is 2.00 bits per heavy atom. The number of hydrogen-bond acceptors (Lipinski definition) is 4. The first-order valence-electron chi connectivity index (χ1n) is 9.30. The first-order chi connectivity index (χ1) is 12.6. The van der Waals surface area contributed by atoms with E-state index < -0.39 is 0 Å². The topological polar surface area (TPSA) is 62.5 Å². The lowest BCUT2D eigenvalue weighted by Gasteiger charge is -2.15. The van der Waals surface area contributed by atoms with E-state index in [0.717, 1.165) is 43.5 Å². The molecule has 0 spiro atoms. The van der Waals surface area contributed by atoms with E-state index in [2.05, 4.69) is 53.0 Å². The molecule has 2 aromatic rings. The molecular weight excluding hydrogens is 344 g/mol. The van der Waals surface area contributed by atoms with Crippen molar-refractivity contribution in [2.75, 3.05) is 19.6 Å². The third kappa shape index (κ3) is 5.04. The lowest BCUT2D eigenvalue weighted by atomic mass is 10.1. The van der Waals surface area contributed by atoms with Crippen LogP contribution in [0.4, 0.5) is 0 Å². The molecule has 1 aromatic carbocycles. The van der Waals surface area contributed by atoms with Crippen molar-refractivity contribution in [3.8, 4) is 0 Å². The number of nitrogens with zero attached hydrogens (tertiary/aromatic N) is 2. The number of benzene rings is 1. The van der Waals surface area contributed by atoms with Crippen molar-refractivity contribution in [2.45, 2.75) is 49.7 Å². The zero-order valence-electron chi connectivity index (χ0n) is 15.8. The van der Waals surface area contributed by atoms with Crippen molar-refractivity contribution in [2.24, 2.45) is 4.99 Å². The van der Waals surface area contributed by atoms with E-state index >= 15 is 0 Å². The van der Waals surface area contributed by atoms with Crippen LogP contribution in [0, 0.1) is 13.8 Å². The molecule has 0 saturated heterocycles. The second-order valence-electron chi connectivity index (χ2n) is 6.77. The summed E-state index contributed by atoms with van der Waals surface area (Å²) in [5, 5.41) is 10.8. The molecule has 0 unspecified atom stereocenters. The van der Waals surface area contributed by atoms with Crippen molar-refractivity contribution in [1.29, 1.82) is 0 Å². The van der Waals surface area contributed by atoms with Crippen LogP contribution in [0.15, 0.2) is 44.7 Å². The molecule has 1 saturated carbocycles. The zero-order valence-corrected chi connectivity index (χ0v) is 16.7. The van der Waals surface area contributed by atoms with E-state index in [1.165, 1.54) is 23.3 Å². The minimum atomic E-state index is 0.269. The van der Waals surface area contributed by atoms with Gasteiger partial charge in [-0.15, -0.1) is 11.8 Å². The van der Waals surface area contributed by atoms with Gasteiger partial charge in [0.25, 0.3) is 0 Å². The molecule has 140 valence electrons. The molecular formula is C20H28N4OS. The summed E-state index contributed by atoms with van der Waals surface area (Å²) in [6, 6.07) is 10.6. The summed E-state index contributed by atoms with van der Waals surface area (Å²) in [4.78, 5) is 6.17. The molecule has 1 fully saturated rings. The SMILES string of the molecule is CCNC(=NCC1(Sc2ccccc2)CC1)NCCc1c(C)noc1C. The van der Waals surface area contributed by atoms with Crippen LogP contribution in [-0.4, -0.2) is 35.5 Å². The van der Waals surface area contributed by atoms with Crippen LogP contribution in [0.5, 0.6) is 0 Å². The fraction of sp³-hybridized carbons (Fsp3) is 0.500. The fourth-order valence-corrected chi connectivity index (χ4v) is 4.13. The molecule has 1 aliphatic carbocycles. The summed E-state index contributed by atoms with van der Waals surface area (Å²) in [6.45, 7) is 8.56. The molecule has 0 amide bonds. The van der Waals surface area contributed by atoms with Gasteiger partial charge < -0.3 is 15.2 Å². The molecule has 0 radical (unpaired) electrons. The molecule has 2 N–H and O–H groups in total. The van der Waals surface area contributed by atoms with Gasteiger partial charge in [-0.25, -0.2) is 0 Å². The van der Waals surface area contributed by atoms with Gasteiger partial charge in [0, 0.05) is 28.3 Å². The summed E-state index contributed by atoms with van der Waals surface area (Å²) >= 11 is 1.96. The van der Waals surface area contributed by atoms with Gasteiger partial charge in [0.05, 0.1) is 12.2 Å². The highest BCUT2D eigenvalue weighted by molar-refractivity contribution is 8.01. The molecule has 1 heterocycles. The van der Waals surface area contributed by atoms with E-state index in [4.69, 9.17) is 9.52 Å². The summed E-state index contributed by atoms with van der Waals surface area (Å²) in [5.74, 6) is 1.79. The van der Waals surface area contributed by atoms with Crippen LogP contribution >= 0.6 is 11.8 Å². The third-order valence-electron chi connectivity index (χ3n) is 4.60. The number of aliphatic imine (C=N–C) groups is 1. The van der Waals surface area contributed by atoms with Crippen molar-refractivity contribution in [1.82, 2.24) is 15.8 Å². The first-order valence-corrected chi connectivity index (χ1v) is 10.1. The van der Waals surface area contributed by atoms with Gasteiger partial charge >= 0.3 is 0 Å². The van der Waals surface area contributed by atoms with E-state index in [0.29, 0.717) is 0 Å². The van der Waals surface area contributed by atoms with Crippen molar-refractivity contribution >= 4 is 17.7 Å². The molecule has 6 heteroatoms. The average molecular weight is 373 g/mol. The van der Waals surface area contributed by atoms with E-state index in [-0.39, 0.29) is 4.75 Å². The normalized spacial score (nSPS) is 15.7. The quantitative estimate of drug-likeness (QED) is 0.546. The second kappa shape index (κ2) is 8.62. The predicted octanol–water partition coefficient (Wildman–Crippen LogP) is 3.71. The largest absolute Gasteiger partial charge is 0.361 e. The van der Waals surface area contributed by atoms with Crippen LogP contribution in [0.2, 0.25) is 0 Å². The van der Waals surface area contributed by atoms with Crippen LogP contribution in [0.3, 0.4) is 0 Å². The van der Waals surface area contributed by atoms with Crippen molar-refractivity contribution in [3.05, 3.63) is 47.3 Å². The van der Waals surface area contributed by atoms with E-state index in [1.54, 1.807) is 0 Å². The Balaban J connectivity index is 1.53. The lowest BCUT2D eigenvalue weighted by Crippen LogP contribution is -2.39. The molecule has 26 heavy (non-hydrogen) atoms. The van der Waals surface area contributed by atoms with Gasteiger partial charge in [-0.05, 0) is 52.2 Å². The lowest BCUT2D eigenvalue weighted by molar-refractivity contribution is 0.392. The number of hydrogen-bond donors (Lipinski definition) is 2. The number of thioether (sulfide) groups is 1. The van der Waals surface area contributed by atoms with Gasteiger partial charge in [-0.1, -0.05) is 23.4 Å². The number of nitrogens with one attached hydrogen (secondary N) is 2. The Hall–Kier alpha value is -1.95. The van der Waals surface area contributed by atoms with Crippen LogP contribution in [-0.2, 0) is 6.42 Å². The first kappa shape index (κ1) is 18.8. The Morgan fingerprint density at radius 1 is 1.23 bits per heavy atom. The van der Waals surface area contributed by atoms with Gasteiger partial charge in [-0.3, -0.25) is 4.99 Å². The Kier molecular flexibility index (Phi) is 6.25. The number of aryl methyl sites for hydroxylation is 2. The predicted molar refractivity (Wildman–Crippen MR) is 108 cm³/mol. The molecule has 0 atom stereocenters. The van der Waals surface area contributed by atoms with Crippen LogP contribution in [0.1, 0.15) is 36.8 Å². The monoisotopic (exact) mass is 372 g/mol. The van der Waals surface area contributed by atoms with Gasteiger partial charge in [0.15, 0.2) is 5.96 Å². The van der Waals surface area contributed by atoms with Crippen LogP contribution < -0.4 is 10.6 Å². The number of aromatic nitrogens is 1. The summed E-state index contributed by atoms with van der Waals surface area (Å²) < 4.78 is 5.50. The highest BCUT2D eigenvalue weighted by Gasteiger charge is 2.43. The Morgan fingerprint density at radius 3 is 2.62 bits per heavy atom. The van der Waals surface area contributed by atoms with E-state index in [9.17, 15) is 0 Å². The smallest absolute Gasteiger partial charge is 0.191 e. The highest BCUT2D eigenvalue weighted by Crippen LogP contribution is 2.51. The van der Waals surface area contributed by atoms with Gasteiger partial charge in [0.2, 0.25) is 0 Å². The maximum atomic E-state index is 5.23. The maximum Gasteiger partial charge on any atom is 0.191 e. The Labute approximate surface area is 160 Å². The van der Waals surface area contributed by atoms with Crippen molar-refractivity contribution < 1.29 is 4.52 Å². The number of rotatable bonds is 8. The summed E-state index contributed by atoms with van der Waals surface area (Å²) in [6.07, 6.45) is 3.35. The van der Waals surface area contributed by atoms with Crippen LogP contribution in [0.25, 0.3) is 0 Å². The summed E-state index contributed by atoms with van der Waals surface area (Å²) in [7, 11) is 0. The average Bonchev–Trinajstić information content (AvgIpc) is 3.33. The molecule has 3 rings (SSSR count). The molecule has 0 aliphatic heterocycles. The van der Waals surface area contributed by atoms with Crippen molar-refractivity contribution in [3.63, 3.8) is 0 Å². The van der Waals surface area contributed by atoms with Gasteiger partial charge in [-0.2, -0.15) is 0 Å². The van der Waals surface area contributed by atoms with Gasteiger partial charge in [0.1, 0.15) is 5.76 Å². The summed E-state index contributed by atoms with van der Waals surface area (Å²) in [5.41, 5.74) is 2.16. The zero-order chi connectivity index (χ0) is 18.4. The molecule has 1 aliphatic rings. The number of guanidine groups is 1.